The molecule has 4 aromatic rings. The van der Waals surface area contributed by atoms with E-state index < -0.39 is 27.5 Å². The standard InChI is InChI=1S/C22H22F3N7O3S/c1-4-36(34,35)21-15(19-29-14-7-13(22(23,24)25)10-27-17(14)31(19)3)18-26-8-11(2)16(32(18)30-21)20(33)28-9-12-5-6-12/h7-8,10,12H,4-6,9H2,1-3H3,(H,28,33). The summed E-state index contributed by atoms with van der Waals surface area (Å²) in [7, 11) is -2.44. The Balaban J connectivity index is 1.77. The molecule has 1 N–H and O–H groups in total. The fourth-order valence-corrected chi connectivity index (χ4v) is 4.95. The first-order valence-electron chi connectivity index (χ1n) is 11.2. The summed E-state index contributed by atoms with van der Waals surface area (Å²) in [4.78, 5) is 25.6. The molecule has 1 aliphatic rings. The molecule has 0 saturated heterocycles. The summed E-state index contributed by atoms with van der Waals surface area (Å²) in [5, 5.41) is 6.76. The first-order chi connectivity index (χ1) is 16.9. The summed E-state index contributed by atoms with van der Waals surface area (Å²) < 4.78 is 68.4. The van der Waals surface area contributed by atoms with Gasteiger partial charge in [0.25, 0.3) is 5.91 Å². The Labute approximate surface area is 203 Å². The molecule has 0 bridgehead atoms. The van der Waals surface area contributed by atoms with Crippen molar-refractivity contribution in [1.29, 1.82) is 0 Å². The number of nitrogens with zero attached hydrogens (tertiary/aromatic N) is 6. The van der Waals surface area contributed by atoms with Gasteiger partial charge in [-0.25, -0.2) is 27.9 Å². The van der Waals surface area contributed by atoms with Gasteiger partial charge in [0.2, 0.25) is 0 Å². The zero-order valence-corrected chi connectivity index (χ0v) is 20.4. The number of carbonyl (C=O) groups excluding carboxylic acids is 1. The quantitative estimate of drug-likeness (QED) is 0.414. The van der Waals surface area contributed by atoms with Crippen molar-refractivity contribution in [2.75, 3.05) is 12.3 Å². The molecule has 4 aromatic heterocycles. The van der Waals surface area contributed by atoms with Gasteiger partial charge in [0.05, 0.1) is 11.3 Å². The van der Waals surface area contributed by atoms with E-state index in [1.54, 1.807) is 6.92 Å². The summed E-state index contributed by atoms with van der Waals surface area (Å²) in [6.45, 7) is 3.59. The molecule has 1 saturated carbocycles. The van der Waals surface area contributed by atoms with Gasteiger partial charge in [-0.05, 0) is 37.3 Å². The fraction of sp³-hybridized carbons (Fsp3) is 0.409. The first kappa shape index (κ1) is 24.2. The zero-order chi connectivity index (χ0) is 26.0. The van der Waals surface area contributed by atoms with Gasteiger partial charge in [0.1, 0.15) is 22.6 Å². The van der Waals surface area contributed by atoms with Crippen LogP contribution in [0.5, 0.6) is 0 Å². The summed E-state index contributed by atoms with van der Waals surface area (Å²) in [5.41, 5.74) is -0.310. The van der Waals surface area contributed by atoms with Gasteiger partial charge in [-0.1, -0.05) is 6.92 Å². The van der Waals surface area contributed by atoms with Crippen molar-refractivity contribution in [1.82, 2.24) is 34.4 Å². The third-order valence-electron chi connectivity index (χ3n) is 6.19. The van der Waals surface area contributed by atoms with Crippen LogP contribution in [0, 0.1) is 12.8 Å². The zero-order valence-electron chi connectivity index (χ0n) is 19.6. The number of sulfone groups is 1. The third kappa shape index (κ3) is 3.98. The van der Waals surface area contributed by atoms with Crippen molar-refractivity contribution in [3.05, 3.63) is 35.3 Å². The highest BCUT2D eigenvalue weighted by Crippen LogP contribution is 2.35. The normalized spacial score (nSPS) is 14.6. The lowest BCUT2D eigenvalue weighted by molar-refractivity contribution is -0.137. The average molecular weight is 522 g/mol. The minimum Gasteiger partial charge on any atom is -0.350 e. The molecule has 4 heterocycles. The van der Waals surface area contributed by atoms with E-state index in [-0.39, 0.29) is 44.7 Å². The number of carbonyl (C=O) groups is 1. The second-order valence-electron chi connectivity index (χ2n) is 8.82. The molecule has 0 spiro atoms. The molecule has 10 nitrogen and oxygen atoms in total. The monoisotopic (exact) mass is 521 g/mol. The van der Waals surface area contributed by atoms with Gasteiger partial charge in [-0.2, -0.15) is 18.3 Å². The van der Waals surface area contributed by atoms with Crippen molar-refractivity contribution in [2.24, 2.45) is 13.0 Å². The van der Waals surface area contributed by atoms with Crippen LogP contribution in [0.1, 0.15) is 41.4 Å². The number of hydrogen-bond acceptors (Lipinski definition) is 7. The van der Waals surface area contributed by atoms with Crippen molar-refractivity contribution in [2.45, 2.75) is 37.9 Å². The van der Waals surface area contributed by atoms with Gasteiger partial charge in [-0.15, -0.1) is 0 Å². The molecule has 36 heavy (non-hydrogen) atoms. The molecule has 14 heteroatoms. The van der Waals surface area contributed by atoms with Crippen LogP contribution in [0.4, 0.5) is 13.2 Å². The van der Waals surface area contributed by atoms with Crippen molar-refractivity contribution in [3.8, 4) is 11.4 Å². The van der Waals surface area contributed by atoms with Crippen LogP contribution in [-0.4, -0.2) is 55.8 Å². The number of fused-ring (bicyclic) bond motifs is 2. The molecule has 0 unspecified atom stereocenters. The topological polar surface area (TPSA) is 124 Å². The Morgan fingerprint density at radius 1 is 1.19 bits per heavy atom. The van der Waals surface area contributed by atoms with Gasteiger partial charge in [0.15, 0.2) is 26.2 Å². The predicted molar refractivity (Wildman–Crippen MR) is 123 cm³/mol. The molecule has 1 fully saturated rings. The smallest absolute Gasteiger partial charge is 0.350 e. The molecule has 5 rings (SSSR count). The molecule has 190 valence electrons. The van der Waals surface area contributed by atoms with E-state index in [9.17, 15) is 26.4 Å². The number of alkyl halides is 3. The Morgan fingerprint density at radius 2 is 1.89 bits per heavy atom. The maximum atomic E-state index is 13.2. The number of aromatic nitrogens is 6. The van der Waals surface area contributed by atoms with Gasteiger partial charge in [-0.3, -0.25) is 4.79 Å². The number of pyridine rings is 1. The lowest BCUT2D eigenvalue weighted by atomic mass is 10.2. The van der Waals surface area contributed by atoms with Gasteiger partial charge in [0, 0.05) is 26.0 Å². The maximum Gasteiger partial charge on any atom is 0.417 e. The predicted octanol–water partition coefficient (Wildman–Crippen LogP) is 2.94. The minimum atomic E-state index is -4.62. The SMILES string of the molecule is CCS(=O)(=O)c1nn2c(C(=O)NCC3CC3)c(C)cnc2c1-c1nc2cc(C(F)(F)F)cnc2n1C. The molecule has 0 aliphatic heterocycles. The van der Waals surface area contributed by atoms with Crippen LogP contribution in [0.2, 0.25) is 0 Å². The van der Waals surface area contributed by atoms with Crippen LogP contribution in [-0.2, 0) is 23.1 Å². The van der Waals surface area contributed by atoms with Crippen LogP contribution < -0.4 is 5.32 Å². The van der Waals surface area contributed by atoms with Gasteiger partial charge < -0.3 is 9.88 Å². The molecular weight excluding hydrogens is 499 g/mol. The van der Waals surface area contributed by atoms with Crippen molar-refractivity contribution >= 4 is 32.6 Å². The van der Waals surface area contributed by atoms with Crippen LogP contribution in [0.15, 0.2) is 23.5 Å². The van der Waals surface area contributed by atoms with Crippen LogP contribution in [0.25, 0.3) is 28.2 Å². The fourth-order valence-electron chi connectivity index (χ4n) is 3.97. The number of nitrogens with one attached hydrogen (secondary N) is 1. The van der Waals surface area contributed by atoms with E-state index in [1.807, 2.05) is 0 Å². The second-order valence-corrected chi connectivity index (χ2v) is 11.0. The molecule has 1 amide bonds. The number of rotatable bonds is 6. The van der Waals surface area contributed by atoms with Crippen LogP contribution >= 0.6 is 0 Å². The Bertz CT molecular complexity index is 1640. The maximum absolute atomic E-state index is 13.2. The third-order valence-corrected chi connectivity index (χ3v) is 7.83. The highest BCUT2D eigenvalue weighted by Gasteiger charge is 2.34. The summed E-state index contributed by atoms with van der Waals surface area (Å²) in [6.07, 6.45) is -0.434. The van der Waals surface area contributed by atoms with Gasteiger partial charge >= 0.3 is 6.18 Å². The molecule has 0 aromatic carbocycles. The summed E-state index contributed by atoms with van der Waals surface area (Å²) in [5.74, 6) is -0.292. The lowest BCUT2D eigenvalue weighted by Crippen LogP contribution is -2.28. The van der Waals surface area contributed by atoms with E-state index in [0.717, 1.165) is 18.9 Å². The largest absolute Gasteiger partial charge is 0.417 e. The molecule has 0 atom stereocenters. The minimum absolute atomic E-state index is 0.0119. The number of halogens is 3. The van der Waals surface area contributed by atoms with E-state index in [0.29, 0.717) is 24.2 Å². The van der Waals surface area contributed by atoms with E-state index in [1.165, 1.54) is 29.3 Å². The van der Waals surface area contributed by atoms with E-state index >= 15 is 0 Å². The Kier molecular flexibility index (Phi) is 5.54. The Morgan fingerprint density at radius 3 is 2.53 bits per heavy atom. The molecule has 0 radical (unpaired) electrons. The van der Waals surface area contributed by atoms with Crippen LogP contribution in [0.3, 0.4) is 0 Å². The number of hydrogen-bond donors (Lipinski definition) is 1. The van der Waals surface area contributed by atoms with E-state index in [2.05, 4.69) is 25.4 Å². The molecule has 1 aliphatic carbocycles. The number of aryl methyl sites for hydroxylation is 2. The number of imidazole rings is 1. The highest BCUT2D eigenvalue weighted by molar-refractivity contribution is 7.91. The number of amides is 1. The van der Waals surface area contributed by atoms with Crippen molar-refractivity contribution in [3.63, 3.8) is 0 Å². The van der Waals surface area contributed by atoms with E-state index in [4.69, 9.17) is 0 Å². The summed E-state index contributed by atoms with van der Waals surface area (Å²) >= 11 is 0. The highest BCUT2D eigenvalue weighted by atomic mass is 32.2. The second kappa shape index (κ2) is 8.25. The van der Waals surface area contributed by atoms with Crippen molar-refractivity contribution < 1.29 is 26.4 Å². The molecular formula is C22H22F3N7O3S. The summed E-state index contributed by atoms with van der Waals surface area (Å²) in [6, 6.07) is 0.847. The Hall–Kier alpha value is -3.55. The first-order valence-corrected chi connectivity index (χ1v) is 12.9. The average Bonchev–Trinajstić information content (AvgIpc) is 3.49. The lowest BCUT2D eigenvalue weighted by Gasteiger charge is -2.09.